The molecule has 1 fully saturated rings. The highest BCUT2D eigenvalue weighted by atomic mass is 32.2. The molecule has 112 valence electrons. The number of amides is 1. The van der Waals surface area contributed by atoms with E-state index in [2.05, 4.69) is 10.3 Å². The lowest BCUT2D eigenvalue weighted by Gasteiger charge is -2.09. The summed E-state index contributed by atoms with van der Waals surface area (Å²) in [6.07, 6.45) is 2.21. The van der Waals surface area contributed by atoms with Crippen molar-refractivity contribution in [1.82, 2.24) is 10.3 Å². The molecule has 0 saturated carbocycles. The number of hydrogen-bond acceptors (Lipinski definition) is 6. The fourth-order valence-electron chi connectivity index (χ4n) is 2.25. The fourth-order valence-corrected chi connectivity index (χ4v) is 4.71. The smallest absolute Gasteiger partial charge is 0.226 e. The van der Waals surface area contributed by atoms with Gasteiger partial charge in [0.25, 0.3) is 0 Å². The first-order valence-electron chi connectivity index (χ1n) is 6.50. The van der Waals surface area contributed by atoms with Crippen molar-refractivity contribution < 1.29 is 17.6 Å². The molecule has 3 rings (SSSR count). The van der Waals surface area contributed by atoms with E-state index in [1.54, 1.807) is 12.3 Å². The molecule has 1 aliphatic heterocycles. The van der Waals surface area contributed by atoms with E-state index in [1.165, 1.54) is 11.3 Å². The number of aromatic nitrogens is 1. The van der Waals surface area contributed by atoms with Gasteiger partial charge in [-0.1, -0.05) is 0 Å². The van der Waals surface area contributed by atoms with E-state index in [0.29, 0.717) is 17.9 Å². The highest BCUT2D eigenvalue weighted by Crippen LogP contribution is 2.24. The van der Waals surface area contributed by atoms with Gasteiger partial charge in [0, 0.05) is 11.4 Å². The Hall–Kier alpha value is -1.67. The third-order valence-electron chi connectivity index (χ3n) is 3.22. The van der Waals surface area contributed by atoms with Gasteiger partial charge in [0.1, 0.15) is 0 Å². The maximum atomic E-state index is 11.9. The second-order valence-electron chi connectivity index (χ2n) is 4.97. The van der Waals surface area contributed by atoms with Crippen molar-refractivity contribution >= 4 is 27.1 Å². The van der Waals surface area contributed by atoms with Crippen LogP contribution in [0.5, 0.6) is 0 Å². The monoisotopic (exact) mass is 326 g/mol. The number of sulfone groups is 1. The van der Waals surface area contributed by atoms with Crippen LogP contribution in [0.2, 0.25) is 0 Å². The van der Waals surface area contributed by atoms with Crippen LogP contribution in [0.4, 0.5) is 0 Å². The standard InChI is InChI=1S/C13H14N2O4S2/c16-12(14-9-3-5-21(17,18)8-9)6-10-7-20-13(15-10)11-2-1-4-19-11/h1-2,4,7,9H,3,5-6,8H2,(H,14,16). The van der Waals surface area contributed by atoms with Gasteiger partial charge in [-0.05, 0) is 18.6 Å². The Bertz CT molecular complexity index is 734. The lowest BCUT2D eigenvalue weighted by molar-refractivity contribution is -0.121. The Labute approximate surface area is 126 Å². The molecule has 0 bridgehead atoms. The molecule has 1 N–H and O–H groups in total. The Kier molecular flexibility index (Phi) is 3.81. The van der Waals surface area contributed by atoms with Crippen molar-refractivity contribution in [3.63, 3.8) is 0 Å². The molecule has 8 heteroatoms. The molecular formula is C13H14N2O4S2. The molecule has 6 nitrogen and oxygen atoms in total. The van der Waals surface area contributed by atoms with Crippen molar-refractivity contribution in [2.45, 2.75) is 18.9 Å². The van der Waals surface area contributed by atoms with Crippen molar-refractivity contribution in [3.8, 4) is 10.8 Å². The second-order valence-corrected chi connectivity index (χ2v) is 8.05. The molecule has 0 radical (unpaired) electrons. The van der Waals surface area contributed by atoms with Gasteiger partial charge in [0.15, 0.2) is 20.6 Å². The number of carbonyl (C=O) groups is 1. The van der Waals surface area contributed by atoms with Crippen molar-refractivity contribution in [3.05, 3.63) is 29.5 Å². The van der Waals surface area contributed by atoms with E-state index in [1.807, 2.05) is 11.4 Å². The number of furan rings is 1. The third kappa shape index (κ3) is 3.51. The molecule has 0 aromatic carbocycles. The molecule has 1 amide bonds. The van der Waals surface area contributed by atoms with Crippen molar-refractivity contribution in [1.29, 1.82) is 0 Å². The first-order valence-corrected chi connectivity index (χ1v) is 9.20. The summed E-state index contributed by atoms with van der Waals surface area (Å²) in [7, 11) is -2.98. The van der Waals surface area contributed by atoms with Gasteiger partial charge in [0.2, 0.25) is 5.91 Å². The van der Waals surface area contributed by atoms with E-state index in [4.69, 9.17) is 4.42 Å². The lowest BCUT2D eigenvalue weighted by atomic mass is 10.2. The van der Waals surface area contributed by atoms with Gasteiger partial charge in [-0.2, -0.15) is 0 Å². The normalized spacial score (nSPS) is 20.5. The Morgan fingerprint density at radius 2 is 2.38 bits per heavy atom. The maximum Gasteiger partial charge on any atom is 0.226 e. The molecule has 1 saturated heterocycles. The predicted molar refractivity (Wildman–Crippen MR) is 78.7 cm³/mol. The van der Waals surface area contributed by atoms with Gasteiger partial charge < -0.3 is 9.73 Å². The third-order valence-corrected chi connectivity index (χ3v) is 5.90. The fraction of sp³-hybridized carbons (Fsp3) is 0.385. The summed E-state index contributed by atoms with van der Waals surface area (Å²) in [4.78, 5) is 16.3. The molecule has 21 heavy (non-hydrogen) atoms. The van der Waals surface area contributed by atoms with Crippen LogP contribution in [0, 0.1) is 0 Å². The number of nitrogens with zero attached hydrogens (tertiary/aromatic N) is 1. The summed E-state index contributed by atoms with van der Waals surface area (Å²) in [6.45, 7) is 0. The van der Waals surface area contributed by atoms with E-state index in [-0.39, 0.29) is 29.9 Å². The molecule has 1 aliphatic rings. The SMILES string of the molecule is O=C(Cc1csc(-c2ccco2)n1)NC1CCS(=O)(=O)C1. The molecule has 1 atom stereocenters. The number of hydrogen-bond donors (Lipinski definition) is 1. The Balaban J connectivity index is 1.58. The molecule has 2 aromatic rings. The van der Waals surface area contributed by atoms with Crippen LogP contribution in [-0.4, -0.2) is 36.9 Å². The number of nitrogens with one attached hydrogen (secondary N) is 1. The van der Waals surface area contributed by atoms with Crippen molar-refractivity contribution in [2.75, 3.05) is 11.5 Å². The average molecular weight is 326 g/mol. The molecule has 0 aliphatic carbocycles. The average Bonchev–Trinajstić information content (AvgIpc) is 3.09. The summed E-state index contributed by atoms with van der Waals surface area (Å²) >= 11 is 1.41. The van der Waals surface area contributed by atoms with Crippen LogP contribution in [0.3, 0.4) is 0 Å². The van der Waals surface area contributed by atoms with E-state index in [9.17, 15) is 13.2 Å². The highest BCUT2D eigenvalue weighted by Gasteiger charge is 2.28. The number of rotatable bonds is 4. The van der Waals surface area contributed by atoms with Crippen molar-refractivity contribution in [2.24, 2.45) is 0 Å². The van der Waals surface area contributed by atoms with Gasteiger partial charge in [-0.15, -0.1) is 11.3 Å². The van der Waals surface area contributed by atoms with Crippen LogP contribution in [0.25, 0.3) is 10.8 Å². The van der Waals surface area contributed by atoms with E-state index in [0.717, 1.165) is 5.01 Å². The molecular weight excluding hydrogens is 312 g/mol. The number of thiazole rings is 1. The van der Waals surface area contributed by atoms with Gasteiger partial charge >= 0.3 is 0 Å². The van der Waals surface area contributed by atoms with E-state index >= 15 is 0 Å². The minimum Gasteiger partial charge on any atom is -0.462 e. The minimum atomic E-state index is -2.98. The topological polar surface area (TPSA) is 89.3 Å². The summed E-state index contributed by atoms with van der Waals surface area (Å²) in [5, 5.41) is 5.29. The first-order chi connectivity index (χ1) is 10.0. The Morgan fingerprint density at radius 1 is 1.52 bits per heavy atom. The number of carbonyl (C=O) groups excluding carboxylic acids is 1. The zero-order valence-corrected chi connectivity index (χ0v) is 12.7. The highest BCUT2D eigenvalue weighted by molar-refractivity contribution is 7.91. The first kappa shape index (κ1) is 14.3. The zero-order chi connectivity index (χ0) is 14.9. The van der Waals surface area contributed by atoms with Gasteiger partial charge in [-0.25, -0.2) is 13.4 Å². The minimum absolute atomic E-state index is 0.0352. The quantitative estimate of drug-likeness (QED) is 0.913. The van der Waals surface area contributed by atoms with Crippen LogP contribution in [0.15, 0.2) is 28.2 Å². The van der Waals surface area contributed by atoms with Gasteiger partial charge in [0.05, 0.1) is 29.9 Å². The van der Waals surface area contributed by atoms with Crippen LogP contribution < -0.4 is 5.32 Å². The van der Waals surface area contributed by atoms with Crippen LogP contribution in [0.1, 0.15) is 12.1 Å². The molecule has 0 spiro atoms. The summed E-state index contributed by atoms with van der Waals surface area (Å²) in [5.41, 5.74) is 0.657. The predicted octanol–water partition coefficient (Wildman–Crippen LogP) is 1.25. The maximum absolute atomic E-state index is 11.9. The second kappa shape index (κ2) is 5.61. The van der Waals surface area contributed by atoms with E-state index < -0.39 is 9.84 Å². The Morgan fingerprint density at radius 3 is 3.05 bits per heavy atom. The summed E-state index contributed by atoms with van der Waals surface area (Å²) in [6, 6.07) is 3.32. The lowest BCUT2D eigenvalue weighted by Crippen LogP contribution is -2.36. The summed E-state index contributed by atoms with van der Waals surface area (Å²) in [5.74, 6) is 0.659. The molecule has 1 unspecified atom stereocenters. The van der Waals surface area contributed by atoms with Gasteiger partial charge in [-0.3, -0.25) is 4.79 Å². The zero-order valence-electron chi connectivity index (χ0n) is 11.1. The summed E-state index contributed by atoms with van der Waals surface area (Å²) < 4.78 is 27.9. The largest absolute Gasteiger partial charge is 0.462 e. The van der Waals surface area contributed by atoms with Crippen LogP contribution >= 0.6 is 11.3 Å². The molecule has 2 aromatic heterocycles. The molecule has 3 heterocycles. The van der Waals surface area contributed by atoms with Crippen LogP contribution in [-0.2, 0) is 21.1 Å².